The van der Waals surface area contributed by atoms with E-state index in [0.717, 1.165) is 37.0 Å². The number of alkyl halides is 3. The summed E-state index contributed by atoms with van der Waals surface area (Å²) in [6.07, 6.45) is 3.57. The van der Waals surface area contributed by atoms with E-state index in [1.54, 1.807) is 0 Å². The molecule has 10 heteroatoms. The molecule has 1 aliphatic carbocycles. The molecule has 1 aromatic rings. The molecule has 1 N–H and O–H groups in total. The fourth-order valence-corrected chi connectivity index (χ4v) is 5.17. The zero-order chi connectivity index (χ0) is 24.3. The van der Waals surface area contributed by atoms with Crippen LogP contribution in [0.4, 0.5) is 18.0 Å². The Hall–Kier alpha value is -1.55. The summed E-state index contributed by atoms with van der Waals surface area (Å²) in [7, 11) is 0. The molecule has 1 fully saturated rings. The van der Waals surface area contributed by atoms with Crippen LogP contribution in [0, 0.1) is 0 Å². The number of amides is 1. The van der Waals surface area contributed by atoms with Crippen molar-refractivity contribution in [3.05, 3.63) is 10.6 Å². The van der Waals surface area contributed by atoms with Gasteiger partial charge in [0, 0.05) is 43.9 Å². The smallest absolute Gasteiger partial charge is 0.407 e. The van der Waals surface area contributed by atoms with Crippen molar-refractivity contribution in [2.75, 3.05) is 26.2 Å². The number of halogens is 3. The Kier molecular flexibility index (Phi) is 8.19. The molecular formula is C23H36F3N3O3S. The van der Waals surface area contributed by atoms with Crippen molar-refractivity contribution in [3.8, 4) is 5.19 Å². The average Bonchev–Trinajstić information content (AvgIpc) is 2.98. The van der Waals surface area contributed by atoms with Crippen LogP contribution in [0.1, 0.15) is 70.4 Å². The van der Waals surface area contributed by atoms with E-state index in [1.165, 1.54) is 11.3 Å². The summed E-state index contributed by atoms with van der Waals surface area (Å²) in [5.41, 5.74) is -0.859. The van der Waals surface area contributed by atoms with Gasteiger partial charge < -0.3 is 19.7 Å². The number of aromatic nitrogens is 1. The van der Waals surface area contributed by atoms with Crippen molar-refractivity contribution in [1.82, 2.24) is 15.2 Å². The summed E-state index contributed by atoms with van der Waals surface area (Å²) in [5.74, 6) is -2.88. The second-order valence-corrected chi connectivity index (χ2v) is 11.4. The first-order valence-corrected chi connectivity index (χ1v) is 12.5. The van der Waals surface area contributed by atoms with E-state index in [-0.39, 0.29) is 6.04 Å². The molecule has 0 aromatic carbocycles. The molecular weight excluding hydrogens is 455 g/mol. The Morgan fingerprint density at radius 3 is 2.52 bits per heavy atom. The lowest BCUT2D eigenvalue weighted by atomic mass is 9.81. The molecule has 1 amide bonds. The van der Waals surface area contributed by atoms with Gasteiger partial charge in [0.1, 0.15) is 11.3 Å². The van der Waals surface area contributed by atoms with Crippen molar-refractivity contribution >= 4 is 17.4 Å². The third-order valence-corrected chi connectivity index (χ3v) is 7.08. The van der Waals surface area contributed by atoms with Gasteiger partial charge in [-0.1, -0.05) is 11.3 Å². The highest BCUT2D eigenvalue weighted by Crippen LogP contribution is 2.36. The van der Waals surface area contributed by atoms with Gasteiger partial charge in [0.25, 0.3) is 11.1 Å². The van der Waals surface area contributed by atoms with Crippen molar-refractivity contribution in [3.63, 3.8) is 0 Å². The van der Waals surface area contributed by atoms with Crippen LogP contribution in [-0.4, -0.2) is 65.5 Å². The monoisotopic (exact) mass is 491 g/mol. The molecule has 0 spiro atoms. The van der Waals surface area contributed by atoms with Crippen molar-refractivity contribution < 1.29 is 27.4 Å². The number of ether oxygens (including phenoxy) is 2. The molecule has 0 radical (unpaired) electrons. The SMILES string of the molecule is CC(F)(F)COc1nc2c(s1)CCN(CC[C@]1(F)CC[C@@H](NC(=O)OC(C)(C)C)CC1)CC2. The first kappa shape index (κ1) is 26.1. The van der Waals surface area contributed by atoms with E-state index in [4.69, 9.17) is 9.47 Å². The number of carbonyl (C=O) groups is 1. The van der Waals surface area contributed by atoms with Gasteiger partial charge >= 0.3 is 6.09 Å². The molecule has 3 rings (SSSR count). The van der Waals surface area contributed by atoms with Crippen LogP contribution in [0.5, 0.6) is 5.19 Å². The maximum atomic E-state index is 15.4. The Morgan fingerprint density at radius 2 is 1.88 bits per heavy atom. The van der Waals surface area contributed by atoms with E-state index >= 15 is 4.39 Å². The average molecular weight is 492 g/mol. The molecule has 0 unspecified atom stereocenters. The Labute approximate surface area is 198 Å². The molecule has 6 nitrogen and oxygen atoms in total. The highest BCUT2D eigenvalue weighted by atomic mass is 32.1. The van der Waals surface area contributed by atoms with E-state index in [9.17, 15) is 13.6 Å². The number of fused-ring (bicyclic) bond motifs is 1. The van der Waals surface area contributed by atoms with Crippen molar-refractivity contribution in [2.45, 2.75) is 95.9 Å². The molecule has 33 heavy (non-hydrogen) atoms. The minimum Gasteiger partial charge on any atom is -0.464 e. The molecule has 0 saturated heterocycles. The fraction of sp³-hybridized carbons (Fsp3) is 0.826. The highest BCUT2D eigenvalue weighted by Gasteiger charge is 2.36. The van der Waals surface area contributed by atoms with Crippen LogP contribution in [0.3, 0.4) is 0 Å². The zero-order valence-corrected chi connectivity index (χ0v) is 20.8. The van der Waals surface area contributed by atoms with Crippen molar-refractivity contribution in [2.24, 2.45) is 0 Å². The fourth-order valence-electron chi connectivity index (χ4n) is 4.22. The molecule has 2 heterocycles. The summed E-state index contributed by atoms with van der Waals surface area (Å²) < 4.78 is 51.8. The Balaban J connectivity index is 1.40. The van der Waals surface area contributed by atoms with Crippen LogP contribution >= 0.6 is 11.3 Å². The summed E-state index contributed by atoms with van der Waals surface area (Å²) in [4.78, 5) is 19.6. The number of nitrogens with one attached hydrogen (secondary N) is 1. The number of rotatable bonds is 7. The third-order valence-electron chi connectivity index (χ3n) is 6.01. The topological polar surface area (TPSA) is 63.7 Å². The lowest BCUT2D eigenvalue weighted by molar-refractivity contribution is -0.0230. The molecule has 0 atom stereocenters. The normalized spacial score (nSPS) is 24.6. The molecule has 188 valence electrons. The van der Waals surface area contributed by atoms with Gasteiger partial charge in [0.15, 0.2) is 6.61 Å². The molecule has 1 saturated carbocycles. The van der Waals surface area contributed by atoms with E-state index in [2.05, 4.69) is 15.2 Å². The Bertz CT molecular complexity index is 774. The maximum absolute atomic E-state index is 15.4. The van der Waals surface area contributed by atoms with Gasteiger partial charge in [-0.15, -0.1) is 0 Å². The van der Waals surface area contributed by atoms with Gasteiger partial charge in [0.05, 0.1) is 5.69 Å². The predicted molar refractivity (Wildman–Crippen MR) is 122 cm³/mol. The number of nitrogens with zero attached hydrogens (tertiary/aromatic N) is 2. The highest BCUT2D eigenvalue weighted by molar-refractivity contribution is 7.13. The summed E-state index contributed by atoms with van der Waals surface area (Å²) in [6.45, 7) is 7.83. The van der Waals surface area contributed by atoms with E-state index in [0.29, 0.717) is 50.3 Å². The van der Waals surface area contributed by atoms with Gasteiger partial charge in [0.2, 0.25) is 0 Å². The molecule has 2 aliphatic rings. The van der Waals surface area contributed by atoms with Gasteiger partial charge in [-0.25, -0.2) is 22.9 Å². The molecule has 1 aromatic heterocycles. The van der Waals surface area contributed by atoms with Crippen molar-refractivity contribution in [1.29, 1.82) is 0 Å². The number of thiazole rings is 1. The number of hydrogen-bond donors (Lipinski definition) is 1. The minimum atomic E-state index is -2.88. The number of carbonyl (C=O) groups excluding carboxylic acids is 1. The minimum absolute atomic E-state index is 0.0481. The largest absolute Gasteiger partial charge is 0.464 e. The number of hydrogen-bond acceptors (Lipinski definition) is 6. The molecule has 1 aliphatic heterocycles. The summed E-state index contributed by atoms with van der Waals surface area (Å²) in [5, 5.41) is 3.16. The summed E-state index contributed by atoms with van der Waals surface area (Å²) >= 11 is 1.33. The van der Waals surface area contributed by atoms with Crippen LogP contribution < -0.4 is 10.1 Å². The van der Waals surface area contributed by atoms with E-state index in [1.807, 2.05) is 20.8 Å². The van der Waals surface area contributed by atoms with Crippen LogP contribution in [-0.2, 0) is 17.6 Å². The van der Waals surface area contributed by atoms with E-state index < -0.39 is 29.9 Å². The lowest BCUT2D eigenvalue weighted by Crippen LogP contribution is -2.44. The second-order valence-electron chi connectivity index (χ2n) is 10.4. The first-order chi connectivity index (χ1) is 15.3. The third kappa shape index (κ3) is 8.63. The lowest BCUT2D eigenvalue weighted by Gasteiger charge is -2.36. The van der Waals surface area contributed by atoms with Gasteiger partial charge in [-0.2, -0.15) is 0 Å². The Morgan fingerprint density at radius 1 is 1.21 bits per heavy atom. The van der Waals surface area contributed by atoms with Crippen LogP contribution in [0.15, 0.2) is 0 Å². The van der Waals surface area contributed by atoms with Gasteiger partial charge in [-0.3, -0.25) is 0 Å². The standard InChI is InChI=1S/C23H36F3N3O3S/c1-21(2,3)32-19(30)27-16-5-9-23(26,10-6-16)11-14-29-12-7-17-18(8-13-29)33-20(28-17)31-15-22(4,24)25/h16H,5-15H2,1-4H3,(H,27,30)/t16-,23+. The first-order valence-electron chi connectivity index (χ1n) is 11.7. The molecule has 0 bridgehead atoms. The summed E-state index contributed by atoms with van der Waals surface area (Å²) in [6, 6.07) is -0.0481. The van der Waals surface area contributed by atoms with Gasteiger partial charge in [-0.05, 0) is 59.3 Å². The zero-order valence-electron chi connectivity index (χ0n) is 20.0. The van der Waals surface area contributed by atoms with Crippen LogP contribution in [0.2, 0.25) is 0 Å². The maximum Gasteiger partial charge on any atom is 0.407 e. The quantitative estimate of drug-likeness (QED) is 0.572. The number of alkyl carbamates (subject to hydrolysis) is 1. The van der Waals surface area contributed by atoms with Crippen LogP contribution in [0.25, 0.3) is 0 Å². The second kappa shape index (κ2) is 10.4. The predicted octanol–water partition coefficient (Wildman–Crippen LogP) is 5.14.